The Kier molecular flexibility index (Phi) is 4.57. The molecule has 0 aromatic heterocycles. The molecular weight excluding hydrogens is 304 g/mol. The highest BCUT2D eigenvalue weighted by atomic mass is 35.5. The van der Waals surface area contributed by atoms with Crippen molar-refractivity contribution >= 4 is 28.9 Å². The number of nitro benzene ring substituents is 1. The summed E-state index contributed by atoms with van der Waals surface area (Å²) in [5, 5.41) is 10.6. The van der Waals surface area contributed by atoms with E-state index in [1.807, 2.05) is 0 Å². The number of nitrogens with zero attached hydrogens (tertiary/aromatic N) is 1. The van der Waals surface area contributed by atoms with Gasteiger partial charge in [-0.3, -0.25) is 10.1 Å². The van der Waals surface area contributed by atoms with Gasteiger partial charge in [-0.2, -0.15) is 0 Å². The van der Waals surface area contributed by atoms with Crippen molar-refractivity contribution in [2.75, 3.05) is 0 Å². The lowest BCUT2D eigenvalue weighted by Crippen LogP contribution is -2.01. The predicted molar refractivity (Wildman–Crippen MR) is 76.8 cm³/mol. The first-order chi connectivity index (χ1) is 9.49. The number of hydrogen-bond acceptors (Lipinski definition) is 2. The van der Waals surface area contributed by atoms with E-state index in [1.54, 1.807) is 18.2 Å². The van der Waals surface area contributed by atoms with Crippen LogP contribution in [0.5, 0.6) is 0 Å². The molecule has 3 nitrogen and oxygen atoms in total. The first-order valence-corrected chi connectivity index (χ1v) is 6.62. The van der Waals surface area contributed by atoms with Gasteiger partial charge < -0.3 is 0 Å². The molecule has 104 valence electrons. The van der Waals surface area contributed by atoms with Gasteiger partial charge in [-0.1, -0.05) is 35.9 Å². The molecule has 6 heteroatoms. The Morgan fingerprint density at radius 3 is 2.60 bits per heavy atom. The van der Waals surface area contributed by atoms with Gasteiger partial charge >= 0.3 is 0 Å². The Bertz CT molecular complexity index is 649. The third-order valence-corrected chi connectivity index (χ3v) is 3.60. The van der Waals surface area contributed by atoms with Crippen molar-refractivity contribution in [1.29, 1.82) is 0 Å². The van der Waals surface area contributed by atoms with Crippen LogP contribution < -0.4 is 0 Å². The molecule has 1 unspecified atom stereocenters. The van der Waals surface area contributed by atoms with Crippen LogP contribution in [0.25, 0.3) is 0 Å². The lowest BCUT2D eigenvalue weighted by Gasteiger charge is -2.12. The number of benzene rings is 2. The second-order valence-corrected chi connectivity index (χ2v) is 5.16. The van der Waals surface area contributed by atoms with Crippen molar-refractivity contribution in [3.8, 4) is 0 Å². The molecule has 2 aromatic rings. The van der Waals surface area contributed by atoms with Crippen molar-refractivity contribution in [2.45, 2.75) is 11.8 Å². The summed E-state index contributed by atoms with van der Waals surface area (Å²) in [6, 6.07) is 10.3. The lowest BCUT2D eigenvalue weighted by atomic mass is 10.0. The van der Waals surface area contributed by atoms with Crippen molar-refractivity contribution in [2.24, 2.45) is 0 Å². The summed E-state index contributed by atoms with van der Waals surface area (Å²) in [4.78, 5) is 10.5. The summed E-state index contributed by atoms with van der Waals surface area (Å²) < 4.78 is 13.0. The average Bonchev–Trinajstić information content (AvgIpc) is 2.38. The summed E-state index contributed by atoms with van der Waals surface area (Å²) in [6.45, 7) is 0. The van der Waals surface area contributed by atoms with E-state index in [-0.39, 0.29) is 17.1 Å². The van der Waals surface area contributed by atoms with E-state index in [0.717, 1.165) is 0 Å². The zero-order chi connectivity index (χ0) is 14.7. The van der Waals surface area contributed by atoms with E-state index >= 15 is 0 Å². The standard InChI is InChI=1S/C14H10Cl2FNO2/c15-12(11-6-5-10(17)8-13(11)16)7-9-3-1-2-4-14(9)18(19)20/h1-6,8,12H,7H2. The highest BCUT2D eigenvalue weighted by molar-refractivity contribution is 6.32. The fraction of sp³-hybridized carbons (Fsp3) is 0.143. The van der Waals surface area contributed by atoms with Crippen LogP contribution in [-0.2, 0) is 6.42 Å². The molecule has 0 saturated carbocycles. The molecule has 0 aliphatic heterocycles. The third-order valence-electron chi connectivity index (χ3n) is 2.89. The molecule has 1 atom stereocenters. The number of rotatable bonds is 4. The fourth-order valence-corrected chi connectivity index (χ4v) is 2.63. The summed E-state index contributed by atoms with van der Waals surface area (Å²) in [5.74, 6) is -0.451. The Balaban J connectivity index is 2.28. The summed E-state index contributed by atoms with van der Waals surface area (Å²) in [7, 11) is 0. The quantitative estimate of drug-likeness (QED) is 0.457. The molecule has 0 bridgehead atoms. The zero-order valence-corrected chi connectivity index (χ0v) is 11.7. The highest BCUT2D eigenvalue weighted by Gasteiger charge is 2.19. The van der Waals surface area contributed by atoms with E-state index in [0.29, 0.717) is 11.1 Å². The molecule has 0 radical (unpaired) electrons. The second kappa shape index (κ2) is 6.20. The van der Waals surface area contributed by atoms with Crippen LogP contribution >= 0.6 is 23.2 Å². The Morgan fingerprint density at radius 1 is 1.25 bits per heavy atom. The maximum atomic E-state index is 13.0. The molecule has 0 amide bonds. The van der Waals surface area contributed by atoms with Crippen LogP contribution in [0.1, 0.15) is 16.5 Å². The average molecular weight is 314 g/mol. The molecule has 2 rings (SSSR count). The van der Waals surface area contributed by atoms with Gasteiger partial charge in [0, 0.05) is 16.7 Å². The first-order valence-electron chi connectivity index (χ1n) is 5.80. The van der Waals surface area contributed by atoms with Gasteiger partial charge in [0.25, 0.3) is 5.69 Å². The van der Waals surface area contributed by atoms with Crippen molar-refractivity contribution in [1.82, 2.24) is 0 Å². The Morgan fingerprint density at radius 2 is 1.95 bits per heavy atom. The summed E-state index contributed by atoms with van der Waals surface area (Å²) in [6.07, 6.45) is 0.240. The van der Waals surface area contributed by atoms with E-state index in [9.17, 15) is 14.5 Å². The fourth-order valence-electron chi connectivity index (χ4n) is 1.92. The molecule has 0 aliphatic rings. The minimum Gasteiger partial charge on any atom is -0.258 e. The SMILES string of the molecule is O=[N+]([O-])c1ccccc1CC(Cl)c1ccc(F)cc1Cl. The van der Waals surface area contributed by atoms with Crippen LogP contribution in [0.2, 0.25) is 5.02 Å². The van der Waals surface area contributed by atoms with Crippen LogP contribution in [0.15, 0.2) is 42.5 Å². The Hall–Kier alpha value is -1.65. The van der Waals surface area contributed by atoms with Crippen LogP contribution in [0.3, 0.4) is 0 Å². The van der Waals surface area contributed by atoms with Gasteiger partial charge in [0.15, 0.2) is 0 Å². The summed E-state index contributed by atoms with van der Waals surface area (Å²) >= 11 is 12.2. The van der Waals surface area contributed by atoms with E-state index < -0.39 is 16.1 Å². The normalized spacial score (nSPS) is 12.2. The topological polar surface area (TPSA) is 43.1 Å². The predicted octanol–water partition coefficient (Wildman–Crippen LogP) is 4.91. The molecule has 0 N–H and O–H groups in total. The Labute approximate surface area is 125 Å². The van der Waals surface area contributed by atoms with Gasteiger partial charge in [-0.15, -0.1) is 11.6 Å². The molecule has 0 heterocycles. The minimum atomic E-state index is -0.566. The van der Waals surface area contributed by atoms with Crippen molar-refractivity contribution in [3.63, 3.8) is 0 Å². The monoisotopic (exact) mass is 313 g/mol. The van der Waals surface area contributed by atoms with Crippen LogP contribution in [0, 0.1) is 15.9 Å². The number of hydrogen-bond donors (Lipinski definition) is 0. The second-order valence-electron chi connectivity index (χ2n) is 4.22. The van der Waals surface area contributed by atoms with Crippen LogP contribution in [0.4, 0.5) is 10.1 Å². The van der Waals surface area contributed by atoms with Crippen LogP contribution in [-0.4, -0.2) is 4.92 Å². The number of para-hydroxylation sites is 1. The van der Waals surface area contributed by atoms with Gasteiger partial charge in [0.2, 0.25) is 0 Å². The number of halogens is 3. The number of nitro groups is 1. The summed E-state index contributed by atoms with van der Waals surface area (Å²) in [5.41, 5.74) is 1.07. The first kappa shape index (κ1) is 14.8. The van der Waals surface area contributed by atoms with Crippen molar-refractivity contribution < 1.29 is 9.31 Å². The maximum Gasteiger partial charge on any atom is 0.272 e. The molecule has 2 aromatic carbocycles. The smallest absolute Gasteiger partial charge is 0.258 e. The molecule has 0 saturated heterocycles. The van der Waals surface area contributed by atoms with E-state index in [1.165, 1.54) is 24.3 Å². The molecule has 0 fully saturated rings. The third kappa shape index (κ3) is 3.26. The molecule has 20 heavy (non-hydrogen) atoms. The molecular formula is C14H10Cl2FNO2. The maximum absolute atomic E-state index is 13.0. The minimum absolute atomic E-state index is 0.0105. The van der Waals surface area contributed by atoms with Gasteiger partial charge in [0.05, 0.1) is 10.3 Å². The van der Waals surface area contributed by atoms with Gasteiger partial charge in [0.1, 0.15) is 5.82 Å². The van der Waals surface area contributed by atoms with E-state index in [2.05, 4.69) is 0 Å². The zero-order valence-electron chi connectivity index (χ0n) is 10.2. The highest BCUT2D eigenvalue weighted by Crippen LogP contribution is 2.33. The number of alkyl halides is 1. The molecule has 0 spiro atoms. The lowest BCUT2D eigenvalue weighted by molar-refractivity contribution is -0.385. The largest absolute Gasteiger partial charge is 0.272 e. The molecule has 0 aliphatic carbocycles. The van der Waals surface area contributed by atoms with E-state index in [4.69, 9.17) is 23.2 Å². The van der Waals surface area contributed by atoms with Gasteiger partial charge in [-0.25, -0.2) is 4.39 Å². The van der Waals surface area contributed by atoms with Crippen molar-refractivity contribution in [3.05, 3.63) is 74.5 Å². The van der Waals surface area contributed by atoms with Gasteiger partial charge in [-0.05, 0) is 24.1 Å².